The number of aromatic nitrogens is 2. The normalized spacial score (nSPS) is 15.4. The zero-order chi connectivity index (χ0) is 21.8. The second-order valence-electron chi connectivity index (χ2n) is 6.64. The Morgan fingerprint density at radius 1 is 1.30 bits per heavy atom. The van der Waals surface area contributed by atoms with Gasteiger partial charge in [0.1, 0.15) is 17.5 Å². The molecule has 0 saturated carbocycles. The lowest BCUT2D eigenvalue weighted by atomic mass is 10.0. The van der Waals surface area contributed by atoms with Crippen LogP contribution in [-0.4, -0.2) is 29.2 Å². The Balaban J connectivity index is 2.00. The number of rotatable bonds is 7. The monoisotopic (exact) mass is 426 g/mol. The largest absolute Gasteiger partial charge is 0.373 e. The molecular formula is C19H21F3N4O4. The van der Waals surface area contributed by atoms with Gasteiger partial charge in [0.15, 0.2) is 6.29 Å². The molecular weight excluding hydrogens is 405 g/mol. The van der Waals surface area contributed by atoms with Crippen LogP contribution in [0.1, 0.15) is 53.9 Å². The summed E-state index contributed by atoms with van der Waals surface area (Å²) >= 11 is 0. The Bertz CT molecular complexity index is 923. The zero-order valence-corrected chi connectivity index (χ0v) is 16.3. The molecule has 1 fully saturated rings. The van der Waals surface area contributed by atoms with E-state index in [2.05, 4.69) is 20.1 Å². The van der Waals surface area contributed by atoms with Gasteiger partial charge in [-0.15, -0.1) is 0 Å². The Labute approximate surface area is 170 Å². The van der Waals surface area contributed by atoms with Gasteiger partial charge in [-0.1, -0.05) is 18.2 Å². The van der Waals surface area contributed by atoms with Crippen LogP contribution >= 0.6 is 0 Å². The summed E-state index contributed by atoms with van der Waals surface area (Å²) in [7, 11) is 0. The molecule has 3 N–H and O–H groups in total. The van der Waals surface area contributed by atoms with Crippen molar-refractivity contribution in [2.45, 2.75) is 39.0 Å². The number of anilines is 1. The van der Waals surface area contributed by atoms with E-state index in [4.69, 9.17) is 15.4 Å². The van der Waals surface area contributed by atoms with Crippen molar-refractivity contribution in [1.82, 2.24) is 9.97 Å². The molecule has 1 aliphatic heterocycles. The molecule has 11 heteroatoms. The quantitative estimate of drug-likeness (QED) is 0.651. The second-order valence-corrected chi connectivity index (χ2v) is 6.64. The number of carbonyl (C=O) groups excluding carboxylic acids is 1. The van der Waals surface area contributed by atoms with E-state index in [1.807, 2.05) is 0 Å². The molecule has 1 saturated heterocycles. The first-order valence-electron chi connectivity index (χ1n) is 9.15. The predicted octanol–water partition coefficient (Wildman–Crippen LogP) is 3.04. The fourth-order valence-corrected chi connectivity index (χ4v) is 3.19. The summed E-state index contributed by atoms with van der Waals surface area (Å²) in [5.41, 5.74) is -0.0533. The maximum Gasteiger partial charge on any atom is 0.330 e. The molecule has 0 aliphatic carbocycles. The lowest BCUT2D eigenvalue weighted by molar-refractivity contribution is -0.143. The van der Waals surface area contributed by atoms with Crippen LogP contribution < -0.4 is 11.2 Å². The zero-order valence-electron chi connectivity index (χ0n) is 16.3. The molecule has 0 unspecified atom stereocenters. The van der Waals surface area contributed by atoms with Crippen molar-refractivity contribution in [3.05, 3.63) is 52.2 Å². The van der Waals surface area contributed by atoms with Crippen LogP contribution in [0.4, 0.5) is 19.0 Å². The summed E-state index contributed by atoms with van der Waals surface area (Å²) in [5.74, 6) is 3.74. The Kier molecular flexibility index (Phi) is 6.85. The van der Waals surface area contributed by atoms with Gasteiger partial charge in [-0.3, -0.25) is 0 Å². The minimum absolute atomic E-state index is 0.0335. The molecule has 1 atom stereocenters. The standard InChI is InChI=1S/C19H21F3N4O4/c1-9(11-4-3-5-12(16(11)20)17(21)22)24-18-15(19-28-6-7-29-19)13(8-14(27)30-23)25-10(2)26-18/h3-5,9,17,19H,6-8,23H2,1-2H3,(H,24,25,26)/t9-/m1/s1. The van der Waals surface area contributed by atoms with Crippen molar-refractivity contribution in [3.63, 3.8) is 0 Å². The van der Waals surface area contributed by atoms with Crippen LogP contribution in [0.25, 0.3) is 0 Å². The van der Waals surface area contributed by atoms with Crippen LogP contribution in [0.2, 0.25) is 0 Å². The molecule has 1 aromatic heterocycles. The number of halogens is 3. The third-order valence-electron chi connectivity index (χ3n) is 4.55. The number of ether oxygens (including phenoxy) is 2. The van der Waals surface area contributed by atoms with Gasteiger partial charge in [0.25, 0.3) is 6.43 Å². The fourth-order valence-electron chi connectivity index (χ4n) is 3.19. The Hall–Kier alpha value is -2.76. The average molecular weight is 426 g/mol. The minimum Gasteiger partial charge on any atom is -0.373 e. The number of nitrogens with two attached hydrogens (primary N) is 1. The molecule has 3 rings (SSSR count). The van der Waals surface area contributed by atoms with Crippen molar-refractivity contribution >= 4 is 11.8 Å². The highest BCUT2D eigenvalue weighted by Crippen LogP contribution is 2.34. The van der Waals surface area contributed by atoms with Gasteiger partial charge in [-0.25, -0.2) is 27.9 Å². The maximum atomic E-state index is 14.6. The first-order valence-corrected chi connectivity index (χ1v) is 9.15. The number of benzene rings is 1. The molecule has 1 aromatic carbocycles. The number of nitrogens with zero attached hydrogens (tertiary/aromatic N) is 2. The van der Waals surface area contributed by atoms with E-state index in [9.17, 15) is 18.0 Å². The molecule has 162 valence electrons. The lowest BCUT2D eigenvalue weighted by Gasteiger charge is -2.22. The number of aryl methyl sites for hydroxylation is 1. The van der Waals surface area contributed by atoms with Gasteiger partial charge in [-0.05, 0) is 13.8 Å². The van der Waals surface area contributed by atoms with E-state index in [-0.39, 0.29) is 23.5 Å². The number of hydrogen-bond donors (Lipinski definition) is 2. The van der Waals surface area contributed by atoms with Crippen molar-refractivity contribution in [1.29, 1.82) is 0 Å². The van der Waals surface area contributed by atoms with Gasteiger partial charge >= 0.3 is 5.97 Å². The van der Waals surface area contributed by atoms with Crippen LogP contribution in [-0.2, 0) is 25.5 Å². The summed E-state index contributed by atoms with van der Waals surface area (Å²) in [6, 6.07) is 3.05. The van der Waals surface area contributed by atoms with Gasteiger partial charge < -0.3 is 19.6 Å². The SMILES string of the molecule is Cc1nc(CC(=O)ON)c(C2OCCO2)c(N[C@H](C)c2cccc(C(F)F)c2F)n1. The number of hydrogen-bond acceptors (Lipinski definition) is 8. The number of alkyl halides is 2. The third-order valence-corrected chi connectivity index (χ3v) is 4.55. The molecule has 30 heavy (non-hydrogen) atoms. The van der Waals surface area contributed by atoms with E-state index < -0.39 is 36.1 Å². The van der Waals surface area contributed by atoms with E-state index in [0.717, 1.165) is 6.07 Å². The molecule has 0 spiro atoms. The van der Waals surface area contributed by atoms with Gasteiger partial charge in [0.2, 0.25) is 0 Å². The molecule has 0 amide bonds. The molecule has 1 aliphatic rings. The average Bonchev–Trinajstić information content (AvgIpc) is 3.21. The minimum atomic E-state index is -2.94. The predicted molar refractivity (Wildman–Crippen MR) is 98.8 cm³/mol. The highest BCUT2D eigenvalue weighted by molar-refractivity contribution is 5.73. The van der Waals surface area contributed by atoms with Gasteiger partial charge in [0.05, 0.1) is 42.5 Å². The van der Waals surface area contributed by atoms with Crippen molar-refractivity contribution < 1.29 is 32.3 Å². The van der Waals surface area contributed by atoms with Crippen LogP contribution in [0.3, 0.4) is 0 Å². The first-order chi connectivity index (χ1) is 14.3. The van der Waals surface area contributed by atoms with Crippen LogP contribution in [0.5, 0.6) is 0 Å². The van der Waals surface area contributed by atoms with E-state index >= 15 is 0 Å². The molecule has 8 nitrogen and oxygen atoms in total. The van der Waals surface area contributed by atoms with Gasteiger partial charge in [-0.2, -0.15) is 5.90 Å². The number of nitrogens with one attached hydrogen (secondary N) is 1. The third kappa shape index (κ3) is 4.69. The summed E-state index contributed by atoms with van der Waals surface area (Å²) < 4.78 is 51.8. The van der Waals surface area contributed by atoms with Crippen LogP contribution in [0, 0.1) is 12.7 Å². The Morgan fingerprint density at radius 2 is 1.97 bits per heavy atom. The highest BCUT2D eigenvalue weighted by atomic mass is 19.3. The fraction of sp³-hybridized carbons (Fsp3) is 0.421. The van der Waals surface area contributed by atoms with Crippen molar-refractivity contribution in [3.8, 4) is 0 Å². The Morgan fingerprint density at radius 3 is 2.60 bits per heavy atom. The molecule has 0 bridgehead atoms. The van der Waals surface area contributed by atoms with E-state index in [1.54, 1.807) is 13.8 Å². The highest BCUT2D eigenvalue weighted by Gasteiger charge is 2.29. The summed E-state index contributed by atoms with van der Waals surface area (Å²) in [4.78, 5) is 24.5. The maximum absolute atomic E-state index is 14.6. The van der Waals surface area contributed by atoms with Gasteiger partial charge in [0, 0.05) is 5.56 Å². The van der Waals surface area contributed by atoms with E-state index in [1.165, 1.54) is 12.1 Å². The second kappa shape index (κ2) is 9.37. The summed E-state index contributed by atoms with van der Waals surface area (Å²) in [5, 5.41) is 3.00. The number of carbonyl (C=O) groups is 1. The molecule has 2 heterocycles. The van der Waals surface area contributed by atoms with Crippen molar-refractivity contribution in [2.24, 2.45) is 5.90 Å². The molecule has 0 radical (unpaired) electrons. The smallest absolute Gasteiger partial charge is 0.330 e. The molecule has 2 aromatic rings. The summed E-state index contributed by atoms with van der Waals surface area (Å²) in [6.07, 6.45) is -4.07. The van der Waals surface area contributed by atoms with Crippen LogP contribution in [0.15, 0.2) is 18.2 Å². The van der Waals surface area contributed by atoms with E-state index in [0.29, 0.717) is 24.6 Å². The first kappa shape index (κ1) is 21.9. The van der Waals surface area contributed by atoms with Crippen molar-refractivity contribution in [2.75, 3.05) is 18.5 Å². The summed E-state index contributed by atoms with van der Waals surface area (Å²) in [6.45, 7) is 3.84. The topological polar surface area (TPSA) is 109 Å². The lowest BCUT2D eigenvalue weighted by Crippen LogP contribution is -2.20.